The van der Waals surface area contributed by atoms with Crippen LogP contribution in [0.1, 0.15) is 10.4 Å². The van der Waals surface area contributed by atoms with E-state index in [2.05, 4.69) is 0 Å². The Morgan fingerprint density at radius 1 is 1.16 bits per heavy atom. The van der Waals surface area contributed by atoms with Gasteiger partial charge in [0, 0.05) is 0 Å². The molecule has 0 aliphatic carbocycles. The van der Waals surface area contributed by atoms with Crippen molar-refractivity contribution in [3.63, 3.8) is 0 Å². The van der Waals surface area contributed by atoms with E-state index in [1.54, 1.807) is 0 Å². The van der Waals surface area contributed by atoms with Crippen LogP contribution in [-0.4, -0.2) is 16.0 Å². The number of carboxylic acids is 1. The first-order valence-electron chi connectivity index (χ1n) is 5.29. The van der Waals surface area contributed by atoms with E-state index in [1.165, 1.54) is 18.2 Å². The number of nitro groups is 1. The van der Waals surface area contributed by atoms with Gasteiger partial charge in [-0.25, -0.2) is 0 Å². The summed E-state index contributed by atoms with van der Waals surface area (Å²) in [4.78, 5) is 21.4. The van der Waals surface area contributed by atoms with Crippen LogP contribution in [0.2, 0.25) is 0 Å². The Balaban J connectivity index is 2.43. The number of carboxylic acid groups (broad SMARTS) is 1. The summed E-state index contributed by atoms with van der Waals surface area (Å²) in [6.45, 7) is 0. The van der Waals surface area contributed by atoms with Crippen LogP contribution in [0, 0.1) is 17.3 Å². The Morgan fingerprint density at radius 3 is 2.42 bits per heavy atom. The number of benzene rings is 2. The molecule has 0 atom stereocenters. The number of nitro benzene ring substituents is 1. The predicted molar refractivity (Wildman–Crippen MR) is 63.9 cm³/mol. The minimum absolute atomic E-state index is 0.0735. The van der Waals surface area contributed by atoms with Gasteiger partial charge in [0.05, 0.1) is 0 Å². The second-order valence-corrected chi connectivity index (χ2v) is 6.56. The SMILES string of the molecule is O=C(O)c1ccc([N+](=O)[O-])cc1[I-]c1ccccc1. The summed E-state index contributed by atoms with van der Waals surface area (Å²) in [7, 11) is 0. The van der Waals surface area contributed by atoms with Crippen molar-refractivity contribution in [1.29, 1.82) is 0 Å². The van der Waals surface area contributed by atoms with Gasteiger partial charge in [-0.1, -0.05) is 0 Å². The van der Waals surface area contributed by atoms with Gasteiger partial charge in [0.1, 0.15) is 0 Å². The van der Waals surface area contributed by atoms with Gasteiger partial charge in [0.15, 0.2) is 0 Å². The van der Waals surface area contributed by atoms with Crippen LogP contribution in [0.5, 0.6) is 0 Å². The Morgan fingerprint density at radius 2 is 1.84 bits per heavy atom. The normalized spacial score (nSPS) is 10.3. The van der Waals surface area contributed by atoms with E-state index in [4.69, 9.17) is 5.11 Å². The monoisotopic (exact) mass is 370 g/mol. The topological polar surface area (TPSA) is 80.4 Å². The average molecular weight is 370 g/mol. The first-order valence-corrected chi connectivity index (χ1v) is 7.45. The number of hydrogen-bond donors (Lipinski definition) is 1. The molecule has 0 bridgehead atoms. The van der Waals surface area contributed by atoms with Gasteiger partial charge in [0.2, 0.25) is 0 Å². The molecule has 0 heterocycles. The molecule has 6 heteroatoms. The molecule has 0 radical (unpaired) electrons. The molecule has 2 rings (SSSR count). The first-order chi connectivity index (χ1) is 9.08. The van der Waals surface area contributed by atoms with Crippen molar-refractivity contribution in [1.82, 2.24) is 0 Å². The average Bonchev–Trinajstić information content (AvgIpc) is 2.39. The summed E-state index contributed by atoms with van der Waals surface area (Å²) < 4.78 is 1.57. The molecule has 0 aliphatic rings. The zero-order valence-corrected chi connectivity index (χ0v) is 11.8. The van der Waals surface area contributed by atoms with E-state index in [0.717, 1.165) is 3.57 Å². The molecule has 2 aromatic carbocycles. The molecule has 0 aromatic heterocycles. The van der Waals surface area contributed by atoms with Crippen molar-refractivity contribution >= 4 is 11.7 Å². The van der Waals surface area contributed by atoms with Crippen molar-refractivity contribution in [3.05, 3.63) is 71.3 Å². The standard InChI is InChI=1S/C13H9INO4/c16-13(17)11-7-6-10(15(18)19)8-12(11)14-9-4-2-1-3-5-9/h1-8H,(H,16,17)/q-1. The van der Waals surface area contributed by atoms with E-state index in [1.807, 2.05) is 30.3 Å². The van der Waals surface area contributed by atoms with Crippen molar-refractivity contribution in [2.45, 2.75) is 0 Å². The van der Waals surface area contributed by atoms with E-state index >= 15 is 0 Å². The summed E-state index contributed by atoms with van der Waals surface area (Å²) in [6, 6.07) is 13.3. The molecule has 98 valence electrons. The Hall–Kier alpha value is -1.96. The predicted octanol–water partition coefficient (Wildman–Crippen LogP) is -0.579. The Labute approximate surface area is 119 Å². The van der Waals surface area contributed by atoms with Gasteiger partial charge >= 0.3 is 119 Å². The van der Waals surface area contributed by atoms with Crippen molar-refractivity contribution < 1.29 is 36.0 Å². The number of hydrogen-bond acceptors (Lipinski definition) is 3. The minimum atomic E-state index is -1.06. The molecule has 0 aliphatic heterocycles. The van der Waals surface area contributed by atoms with E-state index in [0.29, 0.717) is 3.57 Å². The summed E-state index contributed by atoms with van der Waals surface area (Å²) in [5.74, 6) is -1.06. The Bertz CT molecular complexity index is 628. The van der Waals surface area contributed by atoms with Crippen LogP contribution in [0.3, 0.4) is 0 Å². The second kappa shape index (κ2) is 5.79. The van der Waals surface area contributed by atoms with Crippen molar-refractivity contribution in [2.75, 3.05) is 0 Å². The molecule has 0 saturated heterocycles. The molecule has 2 aromatic rings. The van der Waals surface area contributed by atoms with Gasteiger partial charge in [-0.15, -0.1) is 0 Å². The van der Waals surface area contributed by atoms with Crippen LogP contribution >= 0.6 is 0 Å². The molecular weight excluding hydrogens is 361 g/mol. The van der Waals surface area contributed by atoms with Gasteiger partial charge in [-0.2, -0.15) is 0 Å². The molecule has 0 amide bonds. The molecule has 5 nitrogen and oxygen atoms in total. The zero-order chi connectivity index (χ0) is 13.8. The first kappa shape index (κ1) is 13.5. The molecule has 0 unspecified atom stereocenters. The number of rotatable bonds is 4. The fourth-order valence-electron chi connectivity index (χ4n) is 1.46. The Kier molecular flexibility index (Phi) is 4.10. The summed E-state index contributed by atoms with van der Waals surface area (Å²) in [6.07, 6.45) is 0. The molecular formula is C13H9INO4-. The molecule has 0 fully saturated rings. The van der Waals surface area contributed by atoms with Crippen molar-refractivity contribution in [2.24, 2.45) is 0 Å². The fourth-order valence-corrected chi connectivity index (χ4v) is 4.09. The van der Waals surface area contributed by atoms with Crippen LogP contribution in [0.15, 0.2) is 48.5 Å². The maximum atomic E-state index is 11.1. The third-order valence-electron chi connectivity index (χ3n) is 2.34. The third-order valence-corrected chi connectivity index (χ3v) is 5.15. The van der Waals surface area contributed by atoms with Crippen molar-refractivity contribution in [3.8, 4) is 0 Å². The number of carbonyl (C=O) groups is 1. The van der Waals surface area contributed by atoms with Gasteiger partial charge in [-0.3, -0.25) is 0 Å². The molecule has 19 heavy (non-hydrogen) atoms. The van der Waals surface area contributed by atoms with Gasteiger partial charge in [0.25, 0.3) is 0 Å². The summed E-state index contributed by atoms with van der Waals surface area (Å²) in [5, 5.41) is 19.9. The van der Waals surface area contributed by atoms with Crippen LogP contribution < -0.4 is 21.2 Å². The zero-order valence-electron chi connectivity index (χ0n) is 9.62. The van der Waals surface area contributed by atoms with Gasteiger partial charge < -0.3 is 0 Å². The second-order valence-electron chi connectivity index (χ2n) is 3.62. The third kappa shape index (κ3) is 3.28. The van der Waals surface area contributed by atoms with Gasteiger partial charge in [-0.05, 0) is 0 Å². The quantitative estimate of drug-likeness (QED) is 0.444. The maximum absolute atomic E-state index is 11.1. The summed E-state index contributed by atoms with van der Waals surface area (Å²) >= 11 is -0.754. The molecule has 1 N–H and O–H groups in total. The number of non-ortho nitro benzene ring substituents is 1. The van der Waals surface area contributed by atoms with E-state index < -0.39 is 32.1 Å². The van der Waals surface area contributed by atoms with E-state index in [-0.39, 0.29) is 11.3 Å². The van der Waals surface area contributed by atoms with Crippen LogP contribution in [0.4, 0.5) is 5.69 Å². The number of halogens is 1. The van der Waals surface area contributed by atoms with Crippen LogP contribution in [-0.2, 0) is 0 Å². The number of nitrogens with zero attached hydrogens (tertiary/aromatic N) is 1. The molecule has 0 spiro atoms. The van der Waals surface area contributed by atoms with Crippen LogP contribution in [0.25, 0.3) is 0 Å². The molecule has 0 saturated carbocycles. The number of aromatic carboxylic acids is 1. The fraction of sp³-hybridized carbons (Fsp3) is 0. The summed E-state index contributed by atoms with van der Waals surface area (Å²) in [5.41, 5.74) is 0.0675. The van der Waals surface area contributed by atoms with E-state index in [9.17, 15) is 14.9 Å².